The lowest BCUT2D eigenvalue weighted by molar-refractivity contribution is 0.0466. The number of hydrogen-bond acceptors (Lipinski definition) is 2. The van der Waals surface area contributed by atoms with Gasteiger partial charge in [-0.15, -0.1) is 0 Å². The molecular formula is C21H18F4N2O. The third-order valence-corrected chi connectivity index (χ3v) is 4.71. The molecule has 0 bridgehead atoms. The zero-order chi connectivity index (χ0) is 20.3. The summed E-state index contributed by atoms with van der Waals surface area (Å²) >= 11 is 0. The first-order chi connectivity index (χ1) is 13.4. The minimum atomic E-state index is -2.28. The van der Waals surface area contributed by atoms with Gasteiger partial charge in [-0.1, -0.05) is 42.5 Å². The number of nitrogens with zero attached hydrogens (tertiary/aromatic N) is 1. The normalized spacial score (nSPS) is 15.6. The lowest BCUT2D eigenvalue weighted by Crippen LogP contribution is -2.56. The number of para-hydroxylation sites is 1. The van der Waals surface area contributed by atoms with Crippen LogP contribution in [0.15, 0.2) is 60.8 Å². The molecule has 1 heterocycles. The van der Waals surface area contributed by atoms with Gasteiger partial charge in [-0.25, -0.2) is 17.6 Å². The van der Waals surface area contributed by atoms with E-state index in [9.17, 15) is 18.0 Å². The number of alkyl halides is 3. The van der Waals surface area contributed by atoms with Gasteiger partial charge in [-0.05, 0) is 24.6 Å². The third kappa shape index (κ3) is 3.69. The van der Waals surface area contributed by atoms with Crippen LogP contribution < -0.4 is 5.32 Å². The number of aromatic nitrogens is 1. The van der Waals surface area contributed by atoms with E-state index in [4.69, 9.17) is 0 Å². The first-order valence-electron chi connectivity index (χ1n) is 8.62. The number of carbonyl (C=O) groups is 1. The molecule has 0 spiro atoms. The van der Waals surface area contributed by atoms with Gasteiger partial charge in [-0.3, -0.25) is 9.78 Å². The number of amides is 1. The molecule has 2 aromatic carbocycles. The fourth-order valence-electron chi connectivity index (χ4n) is 2.99. The lowest BCUT2D eigenvalue weighted by Gasteiger charge is -2.36. The van der Waals surface area contributed by atoms with Crippen LogP contribution in [-0.4, -0.2) is 29.3 Å². The van der Waals surface area contributed by atoms with Crippen molar-refractivity contribution in [3.8, 4) is 0 Å². The van der Waals surface area contributed by atoms with E-state index in [0.29, 0.717) is 5.39 Å². The second-order valence-electron chi connectivity index (χ2n) is 6.67. The van der Waals surface area contributed by atoms with Crippen LogP contribution in [0, 0.1) is 5.82 Å². The summed E-state index contributed by atoms with van der Waals surface area (Å²) in [7, 11) is 0. The molecule has 7 heteroatoms. The monoisotopic (exact) mass is 390 g/mol. The van der Waals surface area contributed by atoms with Gasteiger partial charge in [0.2, 0.25) is 0 Å². The van der Waals surface area contributed by atoms with Gasteiger partial charge in [0.15, 0.2) is 12.3 Å². The van der Waals surface area contributed by atoms with Crippen LogP contribution in [0.1, 0.15) is 29.0 Å². The van der Waals surface area contributed by atoms with Crippen LogP contribution in [-0.2, 0) is 0 Å². The molecule has 3 atom stereocenters. The minimum Gasteiger partial charge on any atom is -0.340 e. The van der Waals surface area contributed by atoms with Gasteiger partial charge >= 0.3 is 0 Å². The van der Waals surface area contributed by atoms with E-state index < -0.39 is 36.3 Å². The van der Waals surface area contributed by atoms with Crippen molar-refractivity contribution in [1.29, 1.82) is 0 Å². The van der Waals surface area contributed by atoms with Crippen molar-refractivity contribution in [1.82, 2.24) is 10.3 Å². The molecule has 0 saturated carbocycles. The summed E-state index contributed by atoms with van der Waals surface area (Å²) in [6, 6.07) is 13.3. The molecule has 1 aromatic heterocycles. The Morgan fingerprint density at radius 3 is 2.54 bits per heavy atom. The van der Waals surface area contributed by atoms with Crippen molar-refractivity contribution in [3.63, 3.8) is 0 Å². The van der Waals surface area contributed by atoms with Gasteiger partial charge in [-0.2, -0.15) is 0 Å². The Morgan fingerprint density at radius 1 is 1.14 bits per heavy atom. The molecule has 1 amide bonds. The van der Waals surface area contributed by atoms with E-state index >= 15 is 4.39 Å². The fraction of sp³-hybridized carbons (Fsp3) is 0.238. The molecule has 146 valence electrons. The number of halogens is 4. The number of hydrogen-bond donors (Lipinski definition) is 1. The zero-order valence-corrected chi connectivity index (χ0v) is 15.0. The van der Waals surface area contributed by atoms with Gasteiger partial charge < -0.3 is 5.32 Å². The van der Waals surface area contributed by atoms with Gasteiger partial charge in [0.1, 0.15) is 23.5 Å². The van der Waals surface area contributed by atoms with Gasteiger partial charge in [0.05, 0.1) is 5.56 Å². The van der Waals surface area contributed by atoms with Crippen molar-refractivity contribution in [2.75, 3.05) is 6.67 Å². The maximum absolute atomic E-state index is 15.1. The summed E-state index contributed by atoms with van der Waals surface area (Å²) in [5.74, 6) is -1.39. The first-order valence-corrected chi connectivity index (χ1v) is 8.62. The Balaban J connectivity index is 1.93. The number of rotatable bonds is 6. The highest BCUT2D eigenvalue weighted by atomic mass is 19.2. The van der Waals surface area contributed by atoms with Crippen LogP contribution >= 0.6 is 0 Å². The fourth-order valence-corrected chi connectivity index (χ4v) is 2.99. The Bertz CT molecular complexity index is 983. The molecular weight excluding hydrogens is 372 g/mol. The minimum absolute atomic E-state index is 0.0179. The molecule has 0 aliphatic heterocycles. The van der Waals surface area contributed by atoms with Crippen molar-refractivity contribution >= 4 is 16.8 Å². The average Bonchev–Trinajstić information content (AvgIpc) is 2.72. The van der Waals surface area contributed by atoms with Crippen LogP contribution in [0.4, 0.5) is 17.6 Å². The highest BCUT2D eigenvalue weighted by Crippen LogP contribution is 2.34. The van der Waals surface area contributed by atoms with E-state index in [1.54, 1.807) is 24.3 Å². The standard InChI is InChI=1S/C21H18F4N2O/c1-21(17(24)11-22,19(25)13-6-3-2-4-7-13)27-20(28)15-10-14-8-5-9-16(23)18(14)26-12-15/h2-10,12,17,19H,11H2,1H3,(H,27,28). The van der Waals surface area contributed by atoms with Gasteiger partial charge in [0, 0.05) is 11.6 Å². The number of pyridine rings is 1. The van der Waals surface area contributed by atoms with Gasteiger partial charge in [0.25, 0.3) is 5.91 Å². The molecule has 0 radical (unpaired) electrons. The smallest absolute Gasteiger partial charge is 0.253 e. The largest absolute Gasteiger partial charge is 0.340 e. The highest BCUT2D eigenvalue weighted by molar-refractivity contribution is 5.97. The van der Waals surface area contributed by atoms with E-state index in [0.717, 1.165) is 13.1 Å². The van der Waals surface area contributed by atoms with E-state index in [1.807, 2.05) is 0 Å². The van der Waals surface area contributed by atoms with Crippen molar-refractivity contribution in [3.05, 3.63) is 77.7 Å². The number of fused-ring (bicyclic) bond motifs is 1. The Hall–Kier alpha value is -2.96. The predicted octanol–water partition coefficient (Wildman–Crippen LogP) is 4.88. The second kappa shape index (κ2) is 7.96. The molecule has 28 heavy (non-hydrogen) atoms. The Kier molecular flexibility index (Phi) is 5.63. The van der Waals surface area contributed by atoms with Crippen LogP contribution in [0.5, 0.6) is 0 Å². The number of nitrogens with one attached hydrogen (secondary N) is 1. The molecule has 3 unspecified atom stereocenters. The van der Waals surface area contributed by atoms with E-state index in [-0.39, 0.29) is 16.6 Å². The first kappa shape index (κ1) is 19.8. The summed E-state index contributed by atoms with van der Waals surface area (Å²) < 4.78 is 56.4. The van der Waals surface area contributed by atoms with Crippen molar-refractivity contribution < 1.29 is 22.4 Å². The molecule has 0 aliphatic rings. The predicted molar refractivity (Wildman–Crippen MR) is 98.7 cm³/mol. The molecule has 3 rings (SSSR count). The summed E-state index contributed by atoms with van der Waals surface area (Å²) in [5, 5.41) is 2.63. The Labute approximate surface area is 159 Å². The lowest BCUT2D eigenvalue weighted by atomic mass is 9.86. The summed E-state index contributed by atoms with van der Waals surface area (Å²) in [6.45, 7) is -0.355. The van der Waals surface area contributed by atoms with E-state index in [1.165, 1.54) is 30.3 Å². The Morgan fingerprint density at radius 2 is 1.86 bits per heavy atom. The summed E-state index contributed by atoms with van der Waals surface area (Å²) in [5.41, 5.74) is -1.98. The highest BCUT2D eigenvalue weighted by Gasteiger charge is 2.45. The maximum Gasteiger partial charge on any atom is 0.253 e. The van der Waals surface area contributed by atoms with Crippen molar-refractivity contribution in [2.24, 2.45) is 0 Å². The van der Waals surface area contributed by atoms with Crippen LogP contribution in [0.25, 0.3) is 10.9 Å². The summed E-state index contributed by atoms with van der Waals surface area (Å²) in [4.78, 5) is 16.5. The molecule has 1 N–H and O–H groups in total. The molecule has 0 saturated heterocycles. The van der Waals surface area contributed by atoms with Crippen LogP contribution in [0.2, 0.25) is 0 Å². The third-order valence-electron chi connectivity index (χ3n) is 4.71. The molecule has 3 nitrogen and oxygen atoms in total. The summed E-state index contributed by atoms with van der Waals surface area (Å²) in [6.07, 6.45) is -3.16. The zero-order valence-electron chi connectivity index (χ0n) is 15.0. The quantitative estimate of drug-likeness (QED) is 0.610. The van der Waals surface area contributed by atoms with E-state index in [2.05, 4.69) is 10.3 Å². The van der Waals surface area contributed by atoms with Crippen LogP contribution in [0.3, 0.4) is 0 Å². The topological polar surface area (TPSA) is 42.0 Å². The number of benzene rings is 2. The molecule has 0 aliphatic carbocycles. The SMILES string of the molecule is CC(NC(=O)c1cnc2c(F)cccc2c1)(C(F)CF)C(F)c1ccccc1. The molecule has 3 aromatic rings. The number of carbonyl (C=O) groups excluding carboxylic acids is 1. The maximum atomic E-state index is 15.1. The second-order valence-corrected chi connectivity index (χ2v) is 6.67. The molecule has 0 fully saturated rings. The van der Waals surface area contributed by atoms with Crippen molar-refractivity contribution in [2.45, 2.75) is 24.8 Å². The average molecular weight is 390 g/mol.